The molecule has 3 heterocycles. The van der Waals surface area contributed by atoms with Gasteiger partial charge in [-0.3, -0.25) is 4.79 Å². The highest BCUT2D eigenvalue weighted by Crippen LogP contribution is 2.20. The number of aromatic nitrogens is 5. The molecule has 0 saturated heterocycles. The smallest absolute Gasteiger partial charge is 0.300 e. The van der Waals surface area contributed by atoms with E-state index in [1.807, 2.05) is 37.4 Å². The molecule has 0 aliphatic heterocycles. The Morgan fingerprint density at radius 3 is 2.91 bits per heavy atom. The van der Waals surface area contributed by atoms with Crippen molar-refractivity contribution in [2.75, 3.05) is 0 Å². The molecular weight excluding hydrogens is 302 g/mol. The van der Waals surface area contributed by atoms with E-state index in [0.29, 0.717) is 0 Å². The molecule has 0 saturated carbocycles. The van der Waals surface area contributed by atoms with Gasteiger partial charge in [-0.25, -0.2) is 4.68 Å². The van der Waals surface area contributed by atoms with Gasteiger partial charge in [0.1, 0.15) is 6.10 Å². The Labute approximate surface area is 130 Å². The lowest BCUT2D eigenvalue weighted by molar-refractivity contribution is 0.0937. The van der Waals surface area contributed by atoms with E-state index in [4.69, 9.17) is 0 Å². The van der Waals surface area contributed by atoms with Gasteiger partial charge in [0.2, 0.25) is 0 Å². The largest absolute Gasteiger partial charge is 0.386 e. The third-order valence-corrected chi connectivity index (χ3v) is 4.16. The zero-order chi connectivity index (χ0) is 15.7. The quantitative estimate of drug-likeness (QED) is 0.789. The van der Waals surface area contributed by atoms with E-state index in [1.165, 1.54) is 26.9 Å². The Balaban J connectivity index is 1.76. The Hall–Kier alpha value is -2.32. The normalized spacial score (nSPS) is 12.5. The van der Waals surface area contributed by atoms with Gasteiger partial charge < -0.3 is 5.11 Å². The molecule has 0 aliphatic carbocycles. The SMILES string of the molecule is Cc1cc(C)n(C(=O)c2cn(CC(O)c3cccs3)nn2)n1. The van der Waals surface area contributed by atoms with Crippen LogP contribution >= 0.6 is 11.3 Å². The molecule has 3 aromatic rings. The van der Waals surface area contributed by atoms with Crippen molar-refractivity contribution in [1.82, 2.24) is 24.8 Å². The molecule has 8 heteroatoms. The molecule has 114 valence electrons. The minimum Gasteiger partial charge on any atom is -0.386 e. The van der Waals surface area contributed by atoms with Crippen LogP contribution in [0.5, 0.6) is 0 Å². The zero-order valence-corrected chi connectivity index (χ0v) is 13.0. The van der Waals surface area contributed by atoms with Gasteiger partial charge in [0.05, 0.1) is 18.4 Å². The van der Waals surface area contributed by atoms with Gasteiger partial charge in [0.15, 0.2) is 5.69 Å². The van der Waals surface area contributed by atoms with Gasteiger partial charge in [-0.15, -0.1) is 16.4 Å². The second-order valence-electron chi connectivity index (χ2n) is 5.00. The first-order valence-corrected chi connectivity index (χ1v) is 7.62. The number of hydrogen-bond donors (Lipinski definition) is 1. The molecule has 3 rings (SSSR count). The summed E-state index contributed by atoms with van der Waals surface area (Å²) in [6, 6.07) is 5.55. The van der Waals surface area contributed by atoms with Gasteiger partial charge in [-0.05, 0) is 31.4 Å². The molecule has 3 aromatic heterocycles. The van der Waals surface area contributed by atoms with Gasteiger partial charge in [-0.1, -0.05) is 11.3 Å². The number of carbonyl (C=O) groups is 1. The number of hydrogen-bond acceptors (Lipinski definition) is 6. The summed E-state index contributed by atoms with van der Waals surface area (Å²) < 4.78 is 2.77. The number of rotatable bonds is 4. The first kappa shape index (κ1) is 14.6. The van der Waals surface area contributed by atoms with E-state index >= 15 is 0 Å². The zero-order valence-electron chi connectivity index (χ0n) is 12.2. The fourth-order valence-electron chi connectivity index (χ4n) is 2.18. The molecule has 22 heavy (non-hydrogen) atoms. The van der Waals surface area contributed by atoms with E-state index in [2.05, 4.69) is 15.4 Å². The van der Waals surface area contributed by atoms with Crippen molar-refractivity contribution >= 4 is 17.2 Å². The summed E-state index contributed by atoms with van der Waals surface area (Å²) in [4.78, 5) is 13.2. The molecule has 0 aliphatic rings. The minimum atomic E-state index is -0.668. The molecule has 1 N–H and O–H groups in total. The second-order valence-corrected chi connectivity index (χ2v) is 5.98. The second kappa shape index (κ2) is 5.82. The summed E-state index contributed by atoms with van der Waals surface area (Å²) in [7, 11) is 0. The average molecular weight is 317 g/mol. The molecule has 1 atom stereocenters. The number of nitrogens with zero attached hydrogens (tertiary/aromatic N) is 5. The van der Waals surface area contributed by atoms with Crippen LogP contribution < -0.4 is 0 Å². The van der Waals surface area contributed by atoms with Crippen LogP contribution in [-0.2, 0) is 6.54 Å². The van der Waals surface area contributed by atoms with Crippen molar-refractivity contribution in [2.45, 2.75) is 26.5 Å². The topological polar surface area (TPSA) is 85.8 Å². The van der Waals surface area contributed by atoms with Crippen LogP contribution in [-0.4, -0.2) is 35.8 Å². The molecule has 0 radical (unpaired) electrons. The Kier molecular flexibility index (Phi) is 3.86. The fraction of sp³-hybridized carbons (Fsp3) is 0.286. The summed E-state index contributed by atoms with van der Waals surface area (Å²) in [5, 5.41) is 23.9. The van der Waals surface area contributed by atoms with Crippen molar-refractivity contribution in [1.29, 1.82) is 0 Å². The third-order valence-electron chi connectivity index (χ3n) is 3.19. The van der Waals surface area contributed by atoms with E-state index in [1.54, 1.807) is 0 Å². The summed E-state index contributed by atoms with van der Waals surface area (Å²) in [6.07, 6.45) is 0.855. The Morgan fingerprint density at radius 2 is 2.27 bits per heavy atom. The van der Waals surface area contributed by atoms with Crippen LogP contribution in [0.4, 0.5) is 0 Å². The molecular formula is C14H15N5O2S. The lowest BCUT2D eigenvalue weighted by atomic mass is 10.3. The minimum absolute atomic E-state index is 0.199. The van der Waals surface area contributed by atoms with Crippen LogP contribution in [0, 0.1) is 13.8 Å². The van der Waals surface area contributed by atoms with Crippen LogP contribution in [0.3, 0.4) is 0 Å². The van der Waals surface area contributed by atoms with Gasteiger partial charge in [0.25, 0.3) is 0 Å². The highest BCUT2D eigenvalue weighted by atomic mass is 32.1. The van der Waals surface area contributed by atoms with Crippen LogP contribution in [0.1, 0.15) is 32.9 Å². The maximum atomic E-state index is 12.3. The fourth-order valence-corrected chi connectivity index (χ4v) is 2.88. The molecule has 7 nitrogen and oxygen atoms in total. The first-order valence-electron chi connectivity index (χ1n) is 6.74. The van der Waals surface area contributed by atoms with Crippen LogP contribution in [0.2, 0.25) is 0 Å². The predicted octanol–water partition coefficient (Wildman–Crippen LogP) is 1.58. The number of aliphatic hydroxyl groups is 1. The highest BCUT2D eigenvalue weighted by Gasteiger charge is 2.18. The molecule has 0 spiro atoms. The highest BCUT2D eigenvalue weighted by molar-refractivity contribution is 7.10. The van der Waals surface area contributed by atoms with Crippen molar-refractivity contribution in [3.8, 4) is 0 Å². The number of aryl methyl sites for hydroxylation is 2. The summed E-state index contributed by atoms with van der Waals surface area (Å²) in [5.41, 5.74) is 1.71. The van der Waals surface area contributed by atoms with E-state index in [-0.39, 0.29) is 18.1 Å². The van der Waals surface area contributed by atoms with Crippen molar-refractivity contribution < 1.29 is 9.90 Å². The molecule has 0 bridgehead atoms. The first-order chi connectivity index (χ1) is 10.5. The maximum absolute atomic E-state index is 12.3. The number of aliphatic hydroxyl groups excluding tert-OH is 1. The maximum Gasteiger partial charge on any atom is 0.300 e. The molecule has 1 unspecified atom stereocenters. The van der Waals surface area contributed by atoms with Crippen LogP contribution in [0.15, 0.2) is 29.8 Å². The Bertz CT molecular complexity index is 790. The summed E-state index contributed by atoms with van der Waals surface area (Å²) in [6.45, 7) is 3.88. The van der Waals surface area contributed by atoms with Crippen molar-refractivity contribution in [3.63, 3.8) is 0 Å². The lowest BCUT2D eigenvalue weighted by Crippen LogP contribution is -2.15. The predicted molar refractivity (Wildman–Crippen MR) is 80.7 cm³/mol. The standard InChI is InChI=1S/C14H15N5O2S/c1-9-6-10(2)19(16-9)14(21)11-7-18(17-15-11)8-12(20)13-4-3-5-22-13/h3-7,12,20H,8H2,1-2H3. The van der Waals surface area contributed by atoms with Gasteiger partial charge in [-0.2, -0.15) is 9.78 Å². The van der Waals surface area contributed by atoms with Gasteiger partial charge >= 0.3 is 5.91 Å². The third kappa shape index (κ3) is 2.83. The monoisotopic (exact) mass is 317 g/mol. The van der Waals surface area contributed by atoms with Gasteiger partial charge in [0, 0.05) is 10.6 Å². The van der Waals surface area contributed by atoms with Crippen LogP contribution in [0.25, 0.3) is 0 Å². The summed E-state index contributed by atoms with van der Waals surface area (Å²) in [5.74, 6) is -0.331. The van der Waals surface area contributed by atoms with E-state index < -0.39 is 6.10 Å². The number of carbonyl (C=O) groups excluding carboxylic acids is 1. The number of thiophene rings is 1. The van der Waals surface area contributed by atoms with Crippen molar-refractivity contribution in [3.05, 3.63) is 51.7 Å². The molecule has 0 amide bonds. The average Bonchev–Trinajstić information content (AvgIpc) is 3.19. The van der Waals surface area contributed by atoms with E-state index in [9.17, 15) is 9.90 Å². The van der Waals surface area contributed by atoms with Crippen molar-refractivity contribution in [2.24, 2.45) is 0 Å². The Morgan fingerprint density at radius 1 is 1.45 bits per heavy atom. The summed E-state index contributed by atoms with van der Waals surface area (Å²) >= 11 is 1.47. The lowest BCUT2D eigenvalue weighted by Gasteiger charge is -2.07. The van der Waals surface area contributed by atoms with E-state index in [0.717, 1.165) is 16.3 Å². The molecule has 0 aromatic carbocycles. The molecule has 0 fully saturated rings.